The number of carboxylic acid groups (broad SMARTS) is 1. The van der Waals surface area contributed by atoms with Gasteiger partial charge in [0.25, 0.3) is 0 Å². The van der Waals surface area contributed by atoms with Crippen LogP contribution in [0.2, 0.25) is 0 Å². The third-order valence-corrected chi connectivity index (χ3v) is 4.13. The highest BCUT2D eigenvalue weighted by molar-refractivity contribution is 5.95. The van der Waals surface area contributed by atoms with E-state index in [4.69, 9.17) is 5.11 Å². The van der Waals surface area contributed by atoms with Crippen molar-refractivity contribution >= 4 is 17.6 Å². The van der Waals surface area contributed by atoms with Crippen molar-refractivity contribution < 1.29 is 19.8 Å². The molecule has 4 N–H and O–H groups in total. The second-order valence-electron chi connectivity index (χ2n) is 5.42. The normalized spacial score (nSPS) is 27.5. The number of rotatable bonds is 3. The van der Waals surface area contributed by atoms with E-state index < -0.39 is 5.97 Å². The molecular formula is C14H16N2O4. The van der Waals surface area contributed by atoms with Crippen LogP contribution in [0.4, 0.5) is 5.69 Å². The summed E-state index contributed by atoms with van der Waals surface area (Å²) in [6.07, 6.45) is 2.99. The van der Waals surface area contributed by atoms with Gasteiger partial charge in [-0.25, -0.2) is 4.79 Å². The third kappa shape index (κ3) is 2.22. The van der Waals surface area contributed by atoms with Gasteiger partial charge in [-0.3, -0.25) is 4.79 Å². The Bertz CT molecular complexity index is 572. The number of benzene rings is 1. The lowest BCUT2D eigenvalue weighted by atomic mass is 9.88. The standard InChI is InChI=1S/C14H16N2O4/c17-12-6-8(1-3-9(12)14(19)20)16-13(18)10-5-7-2-4-11(10)15-7/h1,3,6-7,10-11,15,17H,2,4-5H2,(H,16,18)(H,19,20). The van der Waals surface area contributed by atoms with Crippen LogP contribution < -0.4 is 10.6 Å². The monoisotopic (exact) mass is 276 g/mol. The molecular weight excluding hydrogens is 260 g/mol. The molecule has 6 heteroatoms. The van der Waals surface area contributed by atoms with Gasteiger partial charge in [0.05, 0.1) is 5.92 Å². The number of hydrogen-bond acceptors (Lipinski definition) is 4. The number of hydrogen-bond donors (Lipinski definition) is 4. The van der Waals surface area contributed by atoms with E-state index in [0.29, 0.717) is 11.7 Å². The largest absolute Gasteiger partial charge is 0.507 e. The van der Waals surface area contributed by atoms with Crippen LogP contribution in [0.15, 0.2) is 18.2 Å². The zero-order valence-electron chi connectivity index (χ0n) is 10.8. The highest BCUT2D eigenvalue weighted by Crippen LogP contribution is 2.34. The van der Waals surface area contributed by atoms with Crippen molar-refractivity contribution in [1.29, 1.82) is 0 Å². The van der Waals surface area contributed by atoms with Crippen LogP contribution in [0.1, 0.15) is 29.6 Å². The Hall–Kier alpha value is -2.08. The fraction of sp³-hybridized carbons (Fsp3) is 0.429. The van der Waals surface area contributed by atoms with Gasteiger partial charge in [0.1, 0.15) is 11.3 Å². The van der Waals surface area contributed by atoms with Crippen molar-refractivity contribution in [3.05, 3.63) is 23.8 Å². The number of nitrogens with one attached hydrogen (secondary N) is 2. The molecule has 2 saturated heterocycles. The molecule has 1 aromatic rings. The number of anilines is 1. The molecule has 0 aliphatic carbocycles. The summed E-state index contributed by atoms with van der Waals surface area (Å²) in [5.41, 5.74) is 0.241. The van der Waals surface area contributed by atoms with Crippen LogP contribution in [0.5, 0.6) is 5.75 Å². The van der Waals surface area contributed by atoms with Gasteiger partial charge in [0.15, 0.2) is 0 Å². The number of phenols is 1. The number of aromatic hydroxyl groups is 1. The van der Waals surface area contributed by atoms with Crippen molar-refractivity contribution in [1.82, 2.24) is 5.32 Å². The van der Waals surface area contributed by atoms with Crippen LogP contribution in [-0.4, -0.2) is 34.2 Å². The molecule has 2 aliphatic heterocycles. The lowest BCUT2D eigenvalue weighted by Gasteiger charge is -2.19. The first-order chi connectivity index (χ1) is 9.54. The molecule has 2 heterocycles. The summed E-state index contributed by atoms with van der Waals surface area (Å²) in [5, 5.41) is 24.6. The van der Waals surface area contributed by atoms with Crippen molar-refractivity contribution in [3.8, 4) is 5.75 Å². The van der Waals surface area contributed by atoms with Crippen molar-refractivity contribution in [3.63, 3.8) is 0 Å². The third-order valence-electron chi connectivity index (χ3n) is 4.13. The topological polar surface area (TPSA) is 98.7 Å². The number of carbonyl (C=O) groups is 2. The average Bonchev–Trinajstić information content (AvgIpc) is 3.00. The zero-order chi connectivity index (χ0) is 14.3. The van der Waals surface area contributed by atoms with E-state index in [1.54, 1.807) is 0 Å². The van der Waals surface area contributed by atoms with E-state index in [0.717, 1.165) is 19.3 Å². The predicted molar refractivity (Wildman–Crippen MR) is 71.7 cm³/mol. The number of carbonyl (C=O) groups excluding carboxylic acids is 1. The van der Waals surface area contributed by atoms with E-state index in [1.165, 1.54) is 18.2 Å². The van der Waals surface area contributed by atoms with Gasteiger partial charge in [0.2, 0.25) is 5.91 Å². The second kappa shape index (κ2) is 4.79. The first-order valence-corrected chi connectivity index (χ1v) is 6.68. The number of carboxylic acids is 1. The summed E-state index contributed by atoms with van der Waals surface area (Å²) in [6.45, 7) is 0. The van der Waals surface area contributed by atoms with Gasteiger partial charge in [-0.2, -0.15) is 0 Å². The molecule has 1 amide bonds. The van der Waals surface area contributed by atoms with E-state index in [2.05, 4.69) is 10.6 Å². The summed E-state index contributed by atoms with van der Waals surface area (Å²) in [5.74, 6) is -1.67. The highest BCUT2D eigenvalue weighted by Gasteiger charge is 2.42. The molecule has 3 atom stereocenters. The summed E-state index contributed by atoms with van der Waals surface area (Å²) >= 11 is 0. The average molecular weight is 276 g/mol. The lowest BCUT2D eigenvalue weighted by Crippen LogP contribution is -2.32. The predicted octanol–water partition coefficient (Wildman–Crippen LogP) is 1.17. The van der Waals surface area contributed by atoms with Gasteiger partial charge in [0, 0.05) is 23.8 Å². The Morgan fingerprint density at radius 1 is 1.30 bits per heavy atom. The molecule has 2 fully saturated rings. The smallest absolute Gasteiger partial charge is 0.339 e. The van der Waals surface area contributed by atoms with Crippen LogP contribution >= 0.6 is 0 Å². The lowest BCUT2D eigenvalue weighted by molar-refractivity contribution is -0.120. The minimum Gasteiger partial charge on any atom is -0.507 e. The first kappa shape index (κ1) is 12.9. The van der Waals surface area contributed by atoms with Gasteiger partial charge in [-0.1, -0.05) is 0 Å². The molecule has 2 aliphatic rings. The first-order valence-electron chi connectivity index (χ1n) is 6.68. The van der Waals surface area contributed by atoms with E-state index in [1.807, 2.05) is 0 Å². The molecule has 3 unspecified atom stereocenters. The van der Waals surface area contributed by atoms with E-state index in [9.17, 15) is 14.7 Å². The Morgan fingerprint density at radius 3 is 2.65 bits per heavy atom. The zero-order valence-corrected chi connectivity index (χ0v) is 10.8. The molecule has 2 bridgehead atoms. The maximum absolute atomic E-state index is 12.2. The maximum atomic E-state index is 12.2. The molecule has 3 rings (SSSR count). The molecule has 0 spiro atoms. The highest BCUT2D eigenvalue weighted by atomic mass is 16.4. The van der Waals surface area contributed by atoms with Gasteiger partial charge < -0.3 is 20.8 Å². The Balaban J connectivity index is 1.70. The van der Waals surface area contributed by atoms with Gasteiger partial charge in [-0.15, -0.1) is 0 Å². The maximum Gasteiger partial charge on any atom is 0.339 e. The molecule has 0 aromatic heterocycles. The van der Waals surface area contributed by atoms with Crippen molar-refractivity contribution in [2.75, 3.05) is 5.32 Å². The van der Waals surface area contributed by atoms with Crippen LogP contribution in [0.25, 0.3) is 0 Å². The quantitative estimate of drug-likeness (QED) is 0.664. The molecule has 0 radical (unpaired) electrons. The Labute approximate surface area is 115 Å². The van der Waals surface area contributed by atoms with Crippen molar-refractivity contribution in [2.24, 2.45) is 5.92 Å². The fourth-order valence-electron chi connectivity index (χ4n) is 3.14. The number of fused-ring (bicyclic) bond motifs is 2. The van der Waals surface area contributed by atoms with Crippen LogP contribution in [0.3, 0.4) is 0 Å². The SMILES string of the molecule is O=C(O)c1ccc(NC(=O)C2CC3CCC2N3)cc1O. The minimum absolute atomic E-state index is 0.0463. The minimum atomic E-state index is -1.20. The van der Waals surface area contributed by atoms with Crippen molar-refractivity contribution in [2.45, 2.75) is 31.3 Å². The molecule has 1 aromatic carbocycles. The summed E-state index contributed by atoms with van der Waals surface area (Å²) in [4.78, 5) is 23.0. The van der Waals surface area contributed by atoms with Gasteiger partial charge >= 0.3 is 5.97 Å². The van der Waals surface area contributed by atoms with E-state index in [-0.39, 0.29) is 29.2 Å². The molecule has 0 saturated carbocycles. The Morgan fingerprint density at radius 2 is 2.10 bits per heavy atom. The Kier molecular flexibility index (Phi) is 3.10. The summed E-state index contributed by atoms with van der Waals surface area (Å²) in [7, 11) is 0. The number of amides is 1. The van der Waals surface area contributed by atoms with E-state index >= 15 is 0 Å². The van der Waals surface area contributed by atoms with Crippen LogP contribution in [0, 0.1) is 5.92 Å². The van der Waals surface area contributed by atoms with Crippen LogP contribution in [-0.2, 0) is 4.79 Å². The van der Waals surface area contributed by atoms with Gasteiger partial charge in [-0.05, 0) is 31.4 Å². The molecule has 106 valence electrons. The number of aromatic carboxylic acids is 1. The summed E-state index contributed by atoms with van der Waals surface area (Å²) in [6, 6.07) is 4.72. The fourth-order valence-corrected chi connectivity index (χ4v) is 3.14. The second-order valence-corrected chi connectivity index (χ2v) is 5.42. The molecule has 20 heavy (non-hydrogen) atoms. The summed E-state index contributed by atoms with van der Waals surface area (Å²) < 4.78 is 0. The molecule has 6 nitrogen and oxygen atoms in total.